The monoisotopic (exact) mass is 245 g/mol. The van der Waals surface area contributed by atoms with Gasteiger partial charge in [-0.05, 0) is 29.9 Å². The van der Waals surface area contributed by atoms with Gasteiger partial charge in [-0.1, -0.05) is 63.8 Å². The fraction of sp³-hybridized carbons (Fsp3) is 0.647. The van der Waals surface area contributed by atoms with E-state index >= 15 is 0 Å². The first-order chi connectivity index (χ1) is 8.68. The summed E-state index contributed by atoms with van der Waals surface area (Å²) in [5.74, 6) is 0.613. The zero-order chi connectivity index (χ0) is 13.0. The van der Waals surface area contributed by atoms with Gasteiger partial charge >= 0.3 is 0 Å². The molecule has 0 heterocycles. The quantitative estimate of drug-likeness (QED) is 0.787. The molecule has 0 bridgehead atoms. The molecule has 18 heavy (non-hydrogen) atoms. The van der Waals surface area contributed by atoms with Crippen molar-refractivity contribution >= 4 is 0 Å². The average Bonchev–Trinajstić information content (AvgIpc) is 2.65. The fourth-order valence-electron chi connectivity index (χ4n) is 3.24. The second-order valence-corrected chi connectivity index (χ2v) is 6.18. The smallest absolute Gasteiger partial charge is 0.00755 e. The minimum atomic E-state index is 0.256. The van der Waals surface area contributed by atoms with E-state index in [0.717, 1.165) is 6.54 Å². The van der Waals surface area contributed by atoms with Gasteiger partial charge in [0.2, 0.25) is 0 Å². The van der Waals surface area contributed by atoms with Crippen LogP contribution in [0.1, 0.15) is 69.4 Å². The molecular weight excluding hydrogens is 218 g/mol. The molecule has 2 rings (SSSR count). The minimum Gasteiger partial charge on any atom is -0.330 e. The molecular formula is C17H27N. The Balaban J connectivity index is 2.25. The van der Waals surface area contributed by atoms with E-state index in [1.165, 1.54) is 49.7 Å². The Bertz CT molecular complexity index is 356. The Labute approximate surface area is 112 Å². The molecule has 1 saturated carbocycles. The van der Waals surface area contributed by atoms with E-state index in [9.17, 15) is 0 Å². The van der Waals surface area contributed by atoms with Crippen LogP contribution in [0.2, 0.25) is 0 Å². The lowest BCUT2D eigenvalue weighted by molar-refractivity contribution is 0.381. The first kappa shape index (κ1) is 13.6. The molecule has 0 saturated heterocycles. The third-order valence-electron chi connectivity index (χ3n) is 4.64. The summed E-state index contributed by atoms with van der Waals surface area (Å²) in [4.78, 5) is 0. The Morgan fingerprint density at radius 1 is 1.00 bits per heavy atom. The highest BCUT2D eigenvalue weighted by Gasteiger charge is 2.31. The van der Waals surface area contributed by atoms with E-state index < -0.39 is 0 Å². The molecule has 1 nitrogen and oxygen atoms in total. The van der Waals surface area contributed by atoms with E-state index in [-0.39, 0.29) is 5.41 Å². The van der Waals surface area contributed by atoms with E-state index in [4.69, 9.17) is 5.73 Å². The highest BCUT2D eigenvalue weighted by Crippen LogP contribution is 2.37. The minimum absolute atomic E-state index is 0.256. The van der Waals surface area contributed by atoms with Crippen LogP contribution in [-0.4, -0.2) is 6.54 Å². The Kier molecular flexibility index (Phi) is 4.45. The molecule has 0 atom stereocenters. The number of rotatable bonds is 3. The maximum atomic E-state index is 6.14. The lowest BCUT2D eigenvalue weighted by atomic mass is 9.74. The number of hydrogen-bond acceptors (Lipinski definition) is 1. The second-order valence-electron chi connectivity index (χ2n) is 6.18. The van der Waals surface area contributed by atoms with Crippen molar-refractivity contribution in [1.29, 1.82) is 0 Å². The standard InChI is InChI=1S/C17H27N/c1-14(2)15-7-9-16(10-8-15)17(13-18)11-5-3-4-6-12-17/h7-10,14H,3-6,11-13,18H2,1-2H3. The van der Waals surface area contributed by atoms with Gasteiger partial charge < -0.3 is 5.73 Å². The summed E-state index contributed by atoms with van der Waals surface area (Å²) in [6, 6.07) is 9.24. The van der Waals surface area contributed by atoms with Gasteiger partial charge in [0, 0.05) is 12.0 Å². The first-order valence-electron chi connectivity index (χ1n) is 7.48. The molecule has 0 radical (unpaired) electrons. The average molecular weight is 245 g/mol. The van der Waals surface area contributed by atoms with Crippen LogP contribution in [0.3, 0.4) is 0 Å². The van der Waals surface area contributed by atoms with Crippen molar-refractivity contribution in [3.05, 3.63) is 35.4 Å². The Morgan fingerprint density at radius 2 is 1.56 bits per heavy atom. The van der Waals surface area contributed by atoms with Crippen LogP contribution in [0.25, 0.3) is 0 Å². The second kappa shape index (κ2) is 5.88. The Hall–Kier alpha value is -0.820. The molecule has 1 aromatic carbocycles. The third kappa shape index (κ3) is 2.77. The maximum Gasteiger partial charge on any atom is 0.00755 e. The predicted molar refractivity (Wildman–Crippen MR) is 79.0 cm³/mol. The molecule has 1 heteroatoms. The molecule has 1 aromatic rings. The highest BCUT2D eigenvalue weighted by molar-refractivity contribution is 5.31. The Morgan fingerprint density at radius 3 is 2.00 bits per heavy atom. The van der Waals surface area contributed by atoms with Crippen molar-refractivity contribution in [2.75, 3.05) is 6.54 Å². The van der Waals surface area contributed by atoms with Crippen molar-refractivity contribution in [3.8, 4) is 0 Å². The highest BCUT2D eigenvalue weighted by atomic mass is 14.6. The molecule has 1 fully saturated rings. The van der Waals surface area contributed by atoms with Crippen molar-refractivity contribution in [1.82, 2.24) is 0 Å². The molecule has 1 aliphatic carbocycles. The topological polar surface area (TPSA) is 26.0 Å². The number of benzene rings is 1. The lowest BCUT2D eigenvalue weighted by Crippen LogP contribution is -2.34. The third-order valence-corrected chi connectivity index (χ3v) is 4.64. The molecule has 0 unspecified atom stereocenters. The van der Waals surface area contributed by atoms with Gasteiger partial charge in [0.15, 0.2) is 0 Å². The van der Waals surface area contributed by atoms with Gasteiger partial charge in [-0.25, -0.2) is 0 Å². The molecule has 0 aliphatic heterocycles. The van der Waals surface area contributed by atoms with Gasteiger partial charge in [0.05, 0.1) is 0 Å². The largest absolute Gasteiger partial charge is 0.330 e. The fourth-order valence-corrected chi connectivity index (χ4v) is 3.24. The van der Waals surface area contributed by atoms with Crippen LogP contribution in [0.15, 0.2) is 24.3 Å². The van der Waals surface area contributed by atoms with Crippen LogP contribution in [0.5, 0.6) is 0 Å². The summed E-state index contributed by atoms with van der Waals surface area (Å²) < 4.78 is 0. The first-order valence-corrected chi connectivity index (χ1v) is 7.48. The molecule has 1 aliphatic rings. The van der Waals surface area contributed by atoms with Gasteiger partial charge in [0.25, 0.3) is 0 Å². The SMILES string of the molecule is CC(C)c1ccc(C2(CN)CCCCCC2)cc1. The van der Waals surface area contributed by atoms with E-state index in [1.54, 1.807) is 0 Å². The van der Waals surface area contributed by atoms with Crippen molar-refractivity contribution in [2.24, 2.45) is 5.73 Å². The maximum absolute atomic E-state index is 6.14. The van der Waals surface area contributed by atoms with Gasteiger partial charge in [-0.15, -0.1) is 0 Å². The van der Waals surface area contributed by atoms with E-state index in [1.807, 2.05) is 0 Å². The van der Waals surface area contributed by atoms with Crippen LogP contribution in [0, 0.1) is 0 Å². The number of nitrogens with two attached hydrogens (primary N) is 1. The summed E-state index contributed by atoms with van der Waals surface area (Å²) in [5.41, 5.74) is 9.29. The van der Waals surface area contributed by atoms with E-state index in [2.05, 4.69) is 38.1 Å². The van der Waals surface area contributed by atoms with Crippen molar-refractivity contribution in [3.63, 3.8) is 0 Å². The molecule has 0 aromatic heterocycles. The van der Waals surface area contributed by atoms with Gasteiger partial charge in [-0.3, -0.25) is 0 Å². The van der Waals surface area contributed by atoms with Crippen molar-refractivity contribution in [2.45, 2.75) is 63.7 Å². The lowest BCUT2D eigenvalue weighted by Gasteiger charge is -2.32. The van der Waals surface area contributed by atoms with Crippen LogP contribution < -0.4 is 5.73 Å². The zero-order valence-electron chi connectivity index (χ0n) is 11.9. The molecule has 100 valence electrons. The summed E-state index contributed by atoms with van der Waals surface area (Å²) in [7, 11) is 0. The van der Waals surface area contributed by atoms with Crippen LogP contribution >= 0.6 is 0 Å². The van der Waals surface area contributed by atoms with Crippen LogP contribution in [0.4, 0.5) is 0 Å². The van der Waals surface area contributed by atoms with Crippen LogP contribution in [-0.2, 0) is 5.41 Å². The van der Waals surface area contributed by atoms with Gasteiger partial charge in [0.1, 0.15) is 0 Å². The summed E-state index contributed by atoms with van der Waals surface area (Å²) in [5, 5.41) is 0. The van der Waals surface area contributed by atoms with Crippen molar-refractivity contribution < 1.29 is 0 Å². The normalized spacial score (nSPS) is 19.8. The van der Waals surface area contributed by atoms with E-state index in [0.29, 0.717) is 5.92 Å². The summed E-state index contributed by atoms with van der Waals surface area (Å²) in [6.07, 6.45) is 7.97. The van der Waals surface area contributed by atoms with Gasteiger partial charge in [-0.2, -0.15) is 0 Å². The summed E-state index contributed by atoms with van der Waals surface area (Å²) >= 11 is 0. The number of hydrogen-bond donors (Lipinski definition) is 1. The zero-order valence-corrected chi connectivity index (χ0v) is 11.9. The molecule has 2 N–H and O–H groups in total. The molecule has 0 spiro atoms. The summed E-state index contributed by atoms with van der Waals surface area (Å²) in [6.45, 7) is 5.30. The molecule has 0 amide bonds. The predicted octanol–water partition coefficient (Wildman–Crippen LogP) is 4.36.